The Hall–Kier alpha value is -5.39. The third-order valence-corrected chi connectivity index (χ3v) is 7.96. The van der Waals surface area contributed by atoms with E-state index in [4.69, 9.17) is 6.57 Å². The topological polar surface area (TPSA) is 9.29 Å². The fraction of sp³-hybridized carbons (Fsp3) is 0. The molecule has 39 heavy (non-hydrogen) atoms. The van der Waals surface area contributed by atoms with Crippen LogP contribution in [-0.2, 0) is 0 Å². The van der Waals surface area contributed by atoms with Gasteiger partial charge in [0.15, 0.2) is 5.69 Å². The van der Waals surface area contributed by atoms with Crippen molar-refractivity contribution in [3.8, 4) is 16.8 Å². The highest BCUT2D eigenvalue weighted by Gasteiger charge is 2.18. The summed E-state index contributed by atoms with van der Waals surface area (Å²) in [6, 6.07) is 47.3. The summed E-state index contributed by atoms with van der Waals surface area (Å²) in [5.74, 6) is 0. The van der Waals surface area contributed by atoms with Gasteiger partial charge in [0.2, 0.25) is 0 Å². The maximum Gasteiger partial charge on any atom is 0.189 e. The summed E-state index contributed by atoms with van der Waals surface area (Å²) in [5, 5.41) is 9.50. The fourth-order valence-electron chi connectivity index (χ4n) is 6.19. The summed E-state index contributed by atoms with van der Waals surface area (Å²) in [7, 11) is 0. The average molecular weight is 495 g/mol. The number of hydrogen-bond donors (Lipinski definition) is 0. The average Bonchev–Trinajstić information content (AvgIpc) is 3.34. The van der Waals surface area contributed by atoms with E-state index in [9.17, 15) is 0 Å². The van der Waals surface area contributed by atoms with Gasteiger partial charge in [-0.2, -0.15) is 0 Å². The zero-order valence-electron chi connectivity index (χ0n) is 21.1. The van der Waals surface area contributed by atoms with Gasteiger partial charge in [-0.25, -0.2) is 4.85 Å². The molecule has 0 N–H and O–H groups in total. The highest BCUT2D eigenvalue weighted by molar-refractivity contribution is 6.23. The van der Waals surface area contributed by atoms with E-state index in [0.29, 0.717) is 5.69 Å². The first-order chi connectivity index (χ1) is 19.3. The normalized spacial score (nSPS) is 11.6. The summed E-state index contributed by atoms with van der Waals surface area (Å²) in [5.41, 5.74) is 6.36. The molecule has 2 heteroatoms. The lowest BCUT2D eigenvalue weighted by Crippen LogP contribution is -1.96. The van der Waals surface area contributed by atoms with E-state index in [1.54, 1.807) is 0 Å². The molecule has 180 valence electrons. The molecule has 8 rings (SSSR count). The first-order valence-corrected chi connectivity index (χ1v) is 13.1. The number of fused-ring (bicyclic) bond motifs is 8. The van der Waals surface area contributed by atoms with Crippen molar-refractivity contribution in [2.75, 3.05) is 0 Å². The monoisotopic (exact) mass is 494 g/mol. The minimum absolute atomic E-state index is 0.644. The highest BCUT2D eigenvalue weighted by atomic mass is 15.0. The molecule has 0 unspecified atom stereocenters. The molecule has 0 saturated carbocycles. The molecule has 0 aliphatic heterocycles. The Bertz CT molecular complexity index is 2280. The molecule has 0 aliphatic carbocycles. The minimum Gasteiger partial charge on any atom is -0.310 e. The van der Waals surface area contributed by atoms with E-state index in [1.807, 2.05) is 12.1 Å². The van der Waals surface area contributed by atoms with Crippen LogP contribution in [0.5, 0.6) is 0 Å². The van der Waals surface area contributed by atoms with Crippen LogP contribution < -0.4 is 0 Å². The Morgan fingerprint density at radius 2 is 1.15 bits per heavy atom. The Morgan fingerprint density at radius 1 is 0.462 bits per heavy atom. The Balaban J connectivity index is 1.56. The van der Waals surface area contributed by atoms with Crippen molar-refractivity contribution in [1.82, 2.24) is 4.57 Å². The van der Waals surface area contributed by atoms with Crippen molar-refractivity contribution >= 4 is 59.8 Å². The molecule has 0 radical (unpaired) electrons. The van der Waals surface area contributed by atoms with Gasteiger partial charge in [-0.15, -0.1) is 0 Å². The molecular weight excluding hydrogens is 472 g/mol. The predicted molar refractivity (Wildman–Crippen MR) is 165 cm³/mol. The van der Waals surface area contributed by atoms with E-state index in [2.05, 4.69) is 131 Å². The summed E-state index contributed by atoms with van der Waals surface area (Å²) in [6.45, 7) is 7.92. The molecule has 1 aromatic heterocycles. The van der Waals surface area contributed by atoms with Crippen LogP contribution in [0.25, 0.3) is 75.8 Å². The van der Waals surface area contributed by atoms with Crippen LogP contribution in [0.15, 0.2) is 133 Å². The zero-order valence-corrected chi connectivity index (χ0v) is 21.1. The summed E-state index contributed by atoms with van der Waals surface area (Å²) in [4.78, 5) is 3.90. The van der Waals surface area contributed by atoms with Gasteiger partial charge in [0.1, 0.15) is 0 Å². The van der Waals surface area contributed by atoms with E-state index >= 15 is 0 Å². The maximum atomic E-state index is 7.92. The Kier molecular flexibility index (Phi) is 4.62. The van der Waals surface area contributed by atoms with Gasteiger partial charge in [-0.05, 0) is 68.4 Å². The lowest BCUT2D eigenvalue weighted by molar-refractivity contribution is 1.20. The molecule has 0 amide bonds. The summed E-state index contributed by atoms with van der Waals surface area (Å²) < 4.78 is 2.36. The van der Waals surface area contributed by atoms with Crippen LogP contribution in [0, 0.1) is 6.57 Å². The summed E-state index contributed by atoms with van der Waals surface area (Å²) in [6.07, 6.45) is 0. The SMILES string of the molecule is [C-]#[N+]c1cc(-n2c3ccc(-c4ccccc4)cc3c3c4ccccc4ccc32)c2ccc3ccccc3c2c1. The molecule has 0 atom stereocenters. The van der Waals surface area contributed by atoms with Crippen LogP contribution in [-0.4, -0.2) is 4.57 Å². The van der Waals surface area contributed by atoms with Gasteiger partial charge in [0.25, 0.3) is 0 Å². The third kappa shape index (κ3) is 3.21. The second-order valence-corrected chi connectivity index (χ2v) is 10.1. The van der Waals surface area contributed by atoms with E-state index < -0.39 is 0 Å². The largest absolute Gasteiger partial charge is 0.310 e. The zero-order chi connectivity index (χ0) is 25.9. The minimum atomic E-state index is 0.644. The van der Waals surface area contributed by atoms with Crippen molar-refractivity contribution in [2.24, 2.45) is 0 Å². The molecule has 0 bridgehead atoms. The van der Waals surface area contributed by atoms with Crippen LogP contribution in [0.3, 0.4) is 0 Å². The van der Waals surface area contributed by atoms with Crippen LogP contribution in [0.2, 0.25) is 0 Å². The molecular formula is C37H22N2. The van der Waals surface area contributed by atoms with Gasteiger partial charge in [0, 0.05) is 21.8 Å². The van der Waals surface area contributed by atoms with Crippen molar-refractivity contribution in [2.45, 2.75) is 0 Å². The molecule has 1 heterocycles. The van der Waals surface area contributed by atoms with Gasteiger partial charge < -0.3 is 4.57 Å². The van der Waals surface area contributed by atoms with E-state index in [0.717, 1.165) is 27.5 Å². The lowest BCUT2D eigenvalue weighted by Gasteiger charge is -2.14. The maximum absolute atomic E-state index is 7.92. The van der Waals surface area contributed by atoms with Crippen molar-refractivity contribution in [3.63, 3.8) is 0 Å². The molecule has 2 nitrogen and oxygen atoms in total. The molecule has 7 aromatic carbocycles. The van der Waals surface area contributed by atoms with Gasteiger partial charge in [0.05, 0.1) is 17.6 Å². The smallest absolute Gasteiger partial charge is 0.189 e. The second kappa shape index (κ2) is 8.31. The first kappa shape index (κ1) is 21.7. The van der Waals surface area contributed by atoms with Crippen molar-refractivity contribution in [1.29, 1.82) is 0 Å². The lowest BCUT2D eigenvalue weighted by atomic mass is 10.00. The fourth-order valence-corrected chi connectivity index (χ4v) is 6.19. The Morgan fingerprint density at radius 3 is 1.97 bits per heavy atom. The number of aromatic nitrogens is 1. The van der Waals surface area contributed by atoms with Crippen LogP contribution >= 0.6 is 0 Å². The van der Waals surface area contributed by atoms with Gasteiger partial charge >= 0.3 is 0 Å². The molecule has 0 spiro atoms. The molecule has 0 aliphatic rings. The Labute approximate surface area is 225 Å². The van der Waals surface area contributed by atoms with Gasteiger partial charge in [-0.3, -0.25) is 0 Å². The first-order valence-electron chi connectivity index (χ1n) is 13.1. The van der Waals surface area contributed by atoms with E-state index in [1.165, 1.54) is 43.4 Å². The van der Waals surface area contributed by atoms with Crippen molar-refractivity contribution < 1.29 is 0 Å². The number of hydrogen-bond acceptors (Lipinski definition) is 0. The predicted octanol–water partition coefficient (Wildman–Crippen LogP) is 10.5. The molecule has 8 aromatic rings. The van der Waals surface area contributed by atoms with Crippen molar-refractivity contribution in [3.05, 3.63) is 145 Å². The second-order valence-electron chi connectivity index (χ2n) is 10.1. The third-order valence-electron chi connectivity index (χ3n) is 7.96. The molecule has 0 saturated heterocycles. The summed E-state index contributed by atoms with van der Waals surface area (Å²) >= 11 is 0. The number of benzene rings is 7. The van der Waals surface area contributed by atoms with E-state index in [-0.39, 0.29) is 0 Å². The quantitative estimate of drug-likeness (QED) is 0.167. The van der Waals surface area contributed by atoms with Crippen LogP contribution in [0.1, 0.15) is 0 Å². The van der Waals surface area contributed by atoms with Gasteiger partial charge in [-0.1, -0.05) is 103 Å². The standard InChI is InChI=1S/C37H22N2/c1-38-28-22-32-29-13-7-5-11-25(29)15-18-31(32)36(23-28)39-34-19-17-27(24-9-3-2-4-10-24)21-33(34)37-30-14-8-6-12-26(30)16-20-35(37)39/h2-23H. The number of nitrogens with zero attached hydrogens (tertiary/aromatic N) is 2. The number of rotatable bonds is 2. The van der Waals surface area contributed by atoms with Crippen LogP contribution in [0.4, 0.5) is 5.69 Å². The molecule has 0 fully saturated rings. The highest BCUT2D eigenvalue weighted by Crippen LogP contribution is 2.42.